The molecule has 142 valence electrons. The average Bonchev–Trinajstić information content (AvgIpc) is 2.56. The van der Waals surface area contributed by atoms with Crippen LogP contribution < -0.4 is 0 Å². The molecule has 26 heavy (non-hydrogen) atoms. The van der Waals surface area contributed by atoms with Crippen LogP contribution in [0.5, 0.6) is 0 Å². The van der Waals surface area contributed by atoms with E-state index in [1.165, 1.54) is 23.3 Å². The smallest absolute Gasteiger partial charge is 0.123 e. The van der Waals surface area contributed by atoms with Crippen molar-refractivity contribution in [2.45, 2.75) is 52.5 Å². The highest BCUT2D eigenvalue weighted by Crippen LogP contribution is 2.14. The molecule has 4 heteroatoms. The Morgan fingerprint density at radius 1 is 0.962 bits per heavy atom. The molecule has 0 fully saturated rings. The van der Waals surface area contributed by atoms with E-state index in [4.69, 9.17) is 4.74 Å². The van der Waals surface area contributed by atoms with Crippen LogP contribution in [-0.2, 0) is 17.8 Å². The van der Waals surface area contributed by atoms with Crippen LogP contribution in [-0.4, -0.2) is 34.9 Å². The molecule has 1 N–H and O–H groups in total. The zero-order valence-corrected chi connectivity index (χ0v) is 16.2. The van der Waals surface area contributed by atoms with Gasteiger partial charge >= 0.3 is 0 Å². The maximum Gasteiger partial charge on any atom is 0.123 e. The van der Waals surface area contributed by atoms with Crippen molar-refractivity contribution in [1.82, 2.24) is 4.90 Å². The Hall–Kier alpha value is -1.75. The van der Waals surface area contributed by atoms with E-state index in [9.17, 15) is 9.50 Å². The third-order valence-electron chi connectivity index (χ3n) is 4.02. The number of hydrogen-bond donors (Lipinski definition) is 1. The quantitative estimate of drug-likeness (QED) is 0.762. The van der Waals surface area contributed by atoms with Crippen LogP contribution in [0.2, 0.25) is 0 Å². The van der Waals surface area contributed by atoms with Gasteiger partial charge in [0.25, 0.3) is 0 Å². The first-order valence-corrected chi connectivity index (χ1v) is 9.06. The molecule has 0 aliphatic rings. The van der Waals surface area contributed by atoms with E-state index in [0.717, 1.165) is 5.56 Å². The molecule has 2 rings (SSSR count). The summed E-state index contributed by atoms with van der Waals surface area (Å²) in [5.74, 6) is -0.238. The summed E-state index contributed by atoms with van der Waals surface area (Å²) in [6.45, 7) is 10.1. The van der Waals surface area contributed by atoms with Gasteiger partial charge in [-0.15, -0.1) is 0 Å². The third kappa shape index (κ3) is 7.65. The lowest BCUT2D eigenvalue weighted by Gasteiger charge is -2.27. The van der Waals surface area contributed by atoms with Gasteiger partial charge in [-0.1, -0.05) is 42.0 Å². The highest BCUT2D eigenvalue weighted by molar-refractivity contribution is 5.22. The van der Waals surface area contributed by atoms with Gasteiger partial charge in [-0.3, -0.25) is 4.90 Å². The maximum absolute atomic E-state index is 13.2. The fourth-order valence-corrected chi connectivity index (χ4v) is 2.68. The Balaban J connectivity index is 2.04. The number of aliphatic hydroxyl groups excluding tert-OH is 1. The van der Waals surface area contributed by atoms with Crippen molar-refractivity contribution >= 4 is 0 Å². The first-order valence-electron chi connectivity index (χ1n) is 9.06. The van der Waals surface area contributed by atoms with E-state index in [0.29, 0.717) is 19.6 Å². The van der Waals surface area contributed by atoms with Gasteiger partial charge in [0.1, 0.15) is 5.82 Å². The predicted octanol–water partition coefficient (Wildman–Crippen LogP) is 4.31. The molecule has 0 aromatic heterocycles. The summed E-state index contributed by atoms with van der Waals surface area (Å²) in [5, 5.41) is 10.4. The number of aryl methyl sites for hydroxylation is 1. The predicted molar refractivity (Wildman–Crippen MR) is 103 cm³/mol. The van der Waals surface area contributed by atoms with Crippen LogP contribution in [0.15, 0.2) is 48.5 Å². The van der Waals surface area contributed by atoms with E-state index < -0.39 is 6.10 Å². The minimum atomic E-state index is -0.583. The van der Waals surface area contributed by atoms with Crippen LogP contribution in [0, 0.1) is 12.7 Å². The number of benzene rings is 2. The highest BCUT2D eigenvalue weighted by atomic mass is 19.1. The average molecular weight is 359 g/mol. The van der Waals surface area contributed by atoms with Crippen LogP contribution in [0.3, 0.4) is 0 Å². The fourth-order valence-electron chi connectivity index (χ4n) is 2.68. The number of ether oxygens (including phenoxy) is 1. The van der Waals surface area contributed by atoms with Crippen molar-refractivity contribution in [1.29, 1.82) is 0 Å². The molecule has 0 saturated carbocycles. The molecule has 2 aromatic carbocycles. The Bertz CT molecular complexity index is 615. The van der Waals surface area contributed by atoms with Gasteiger partial charge in [0, 0.05) is 19.6 Å². The van der Waals surface area contributed by atoms with Crippen LogP contribution in [0.25, 0.3) is 0 Å². The number of halogens is 1. The molecular formula is C22H30FNO2. The summed E-state index contributed by atoms with van der Waals surface area (Å²) in [6, 6.07) is 14.9. The number of rotatable bonds is 8. The summed E-state index contributed by atoms with van der Waals surface area (Å²) in [7, 11) is 0. The van der Waals surface area contributed by atoms with Gasteiger partial charge in [-0.05, 0) is 51.0 Å². The van der Waals surface area contributed by atoms with Crippen molar-refractivity contribution in [2.75, 3.05) is 13.2 Å². The first-order chi connectivity index (χ1) is 12.2. The van der Waals surface area contributed by atoms with Crippen molar-refractivity contribution in [3.05, 3.63) is 71.0 Å². The maximum atomic E-state index is 13.2. The van der Waals surface area contributed by atoms with Crippen LogP contribution >= 0.6 is 0 Å². The molecule has 0 radical (unpaired) electrons. The second-order valence-corrected chi connectivity index (χ2v) is 7.86. The van der Waals surface area contributed by atoms with E-state index in [2.05, 4.69) is 36.1 Å². The SMILES string of the molecule is Cc1ccc(CN(Cc2ccc(F)cc2)C[C@@H](O)COC(C)(C)C)cc1. The monoisotopic (exact) mass is 359 g/mol. The van der Waals surface area contributed by atoms with Gasteiger partial charge in [0.05, 0.1) is 18.3 Å². The molecule has 0 spiro atoms. The van der Waals surface area contributed by atoms with E-state index in [-0.39, 0.29) is 18.0 Å². The topological polar surface area (TPSA) is 32.7 Å². The highest BCUT2D eigenvalue weighted by Gasteiger charge is 2.17. The minimum Gasteiger partial charge on any atom is -0.389 e. The molecule has 0 aliphatic carbocycles. The molecule has 3 nitrogen and oxygen atoms in total. The van der Waals surface area contributed by atoms with Gasteiger partial charge in [0.15, 0.2) is 0 Å². The van der Waals surface area contributed by atoms with Crippen molar-refractivity contribution < 1.29 is 14.2 Å². The van der Waals surface area contributed by atoms with E-state index >= 15 is 0 Å². The third-order valence-corrected chi connectivity index (χ3v) is 4.02. The standard InChI is InChI=1S/C22H30FNO2/c1-17-5-7-18(8-6-17)13-24(14-19-9-11-20(23)12-10-19)15-21(25)16-26-22(2,3)4/h5-12,21,25H,13-16H2,1-4H3/t21-/m1/s1. The number of nitrogens with zero attached hydrogens (tertiary/aromatic N) is 1. The molecule has 2 aromatic rings. The van der Waals surface area contributed by atoms with E-state index in [1.54, 1.807) is 12.1 Å². The molecule has 1 atom stereocenters. The minimum absolute atomic E-state index is 0.238. The summed E-state index contributed by atoms with van der Waals surface area (Å²) in [5.41, 5.74) is 3.14. The lowest BCUT2D eigenvalue weighted by Crippen LogP contribution is -2.36. The number of aliphatic hydroxyl groups is 1. The number of hydrogen-bond acceptors (Lipinski definition) is 3. The summed E-state index contributed by atoms with van der Waals surface area (Å²) < 4.78 is 18.9. The lowest BCUT2D eigenvalue weighted by atomic mass is 10.1. The first kappa shape index (κ1) is 20.6. The second kappa shape index (κ2) is 9.26. The largest absolute Gasteiger partial charge is 0.389 e. The Morgan fingerprint density at radius 3 is 1.96 bits per heavy atom. The van der Waals surface area contributed by atoms with Gasteiger partial charge < -0.3 is 9.84 Å². The van der Waals surface area contributed by atoms with Gasteiger partial charge in [-0.25, -0.2) is 4.39 Å². The zero-order chi connectivity index (χ0) is 19.2. The lowest BCUT2D eigenvalue weighted by molar-refractivity contribution is -0.0572. The molecule has 0 aliphatic heterocycles. The normalized spacial score (nSPS) is 13.2. The Kier molecular flexibility index (Phi) is 7.33. The Morgan fingerprint density at radius 2 is 1.46 bits per heavy atom. The van der Waals surface area contributed by atoms with Crippen LogP contribution in [0.4, 0.5) is 4.39 Å². The van der Waals surface area contributed by atoms with Crippen molar-refractivity contribution in [3.63, 3.8) is 0 Å². The van der Waals surface area contributed by atoms with Gasteiger partial charge in [-0.2, -0.15) is 0 Å². The molecule has 0 unspecified atom stereocenters. The molecular weight excluding hydrogens is 329 g/mol. The zero-order valence-electron chi connectivity index (χ0n) is 16.2. The molecule has 0 saturated heterocycles. The fraction of sp³-hybridized carbons (Fsp3) is 0.455. The summed E-state index contributed by atoms with van der Waals surface area (Å²) in [4.78, 5) is 2.16. The van der Waals surface area contributed by atoms with Crippen LogP contribution in [0.1, 0.15) is 37.5 Å². The van der Waals surface area contributed by atoms with Crippen molar-refractivity contribution in [3.8, 4) is 0 Å². The van der Waals surface area contributed by atoms with E-state index in [1.807, 2.05) is 20.8 Å². The summed E-state index contributed by atoms with van der Waals surface area (Å²) in [6.07, 6.45) is -0.583. The van der Waals surface area contributed by atoms with Crippen molar-refractivity contribution in [2.24, 2.45) is 0 Å². The second-order valence-electron chi connectivity index (χ2n) is 7.86. The van der Waals surface area contributed by atoms with Gasteiger partial charge in [0.2, 0.25) is 0 Å². The Labute approximate surface area is 156 Å². The molecule has 0 amide bonds. The molecule has 0 heterocycles. The summed E-state index contributed by atoms with van der Waals surface area (Å²) >= 11 is 0. The molecule has 0 bridgehead atoms.